The Bertz CT molecular complexity index is 281. The molecule has 0 aromatic carbocycles. The van der Waals surface area contributed by atoms with Crippen molar-refractivity contribution in [2.24, 2.45) is 0 Å². The normalized spacial score (nSPS) is 16.1. The molecular formula is C10H17N3O. The molecule has 0 spiro atoms. The summed E-state index contributed by atoms with van der Waals surface area (Å²) in [4.78, 5) is 0. The number of hydrogen-bond donors (Lipinski definition) is 2. The highest BCUT2D eigenvalue weighted by molar-refractivity contribution is 5.17. The molecule has 0 radical (unpaired) electrons. The van der Waals surface area contributed by atoms with Gasteiger partial charge in [-0.1, -0.05) is 0 Å². The third-order valence-corrected chi connectivity index (χ3v) is 2.44. The van der Waals surface area contributed by atoms with E-state index in [4.69, 9.17) is 4.74 Å². The van der Waals surface area contributed by atoms with Crippen molar-refractivity contribution in [2.45, 2.75) is 25.3 Å². The van der Waals surface area contributed by atoms with Gasteiger partial charge in [0, 0.05) is 31.8 Å². The lowest BCUT2D eigenvalue weighted by molar-refractivity contribution is 0.199. The average Bonchev–Trinajstić information content (AvgIpc) is 2.94. The Kier molecular flexibility index (Phi) is 3.16. The minimum atomic E-state index is 0.735. The lowest BCUT2D eigenvalue weighted by Crippen LogP contribution is -2.18. The zero-order chi connectivity index (χ0) is 9.80. The average molecular weight is 195 g/mol. The van der Waals surface area contributed by atoms with Gasteiger partial charge in [-0.3, -0.25) is 5.10 Å². The smallest absolute Gasteiger partial charge is 0.0656 e. The molecule has 0 amide bonds. The number of nitrogens with one attached hydrogen (secondary N) is 2. The van der Waals surface area contributed by atoms with Crippen molar-refractivity contribution in [2.75, 3.05) is 20.3 Å². The minimum Gasteiger partial charge on any atom is -0.383 e. The molecule has 2 rings (SSSR count). The maximum Gasteiger partial charge on any atom is 0.0656 e. The number of methoxy groups -OCH3 is 1. The third-order valence-electron chi connectivity index (χ3n) is 2.44. The van der Waals surface area contributed by atoms with E-state index < -0.39 is 0 Å². The lowest BCUT2D eigenvalue weighted by atomic mass is 10.3. The molecule has 14 heavy (non-hydrogen) atoms. The molecule has 1 saturated carbocycles. The summed E-state index contributed by atoms with van der Waals surface area (Å²) < 4.78 is 4.94. The topological polar surface area (TPSA) is 49.9 Å². The van der Waals surface area contributed by atoms with Crippen molar-refractivity contribution < 1.29 is 4.74 Å². The zero-order valence-electron chi connectivity index (χ0n) is 8.55. The third kappa shape index (κ3) is 2.56. The van der Waals surface area contributed by atoms with Gasteiger partial charge in [-0.15, -0.1) is 0 Å². The van der Waals surface area contributed by atoms with Crippen LogP contribution in [0, 0.1) is 0 Å². The molecule has 0 atom stereocenters. The maximum atomic E-state index is 4.94. The van der Waals surface area contributed by atoms with Gasteiger partial charge in [-0.25, -0.2) is 0 Å². The second-order valence-electron chi connectivity index (χ2n) is 3.76. The highest BCUT2D eigenvalue weighted by Gasteiger charge is 2.25. The van der Waals surface area contributed by atoms with E-state index >= 15 is 0 Å². The highest BCUT2D eigenvalue weighted by atomic mass is 16.5. The van der Waals surface area contributed by atoms with Crippen molar-refractivity contribution in [3.05, 3.63) is 17.5 Å². The van der Waals surface area contributed by atoms with Gasteiger partial charge < -0.3 is 10.1 Å². The fourth-order valence-corrected chi connectivity index (χ4v) is 1.46. The number of ether oxygens (including phenoxy) is 1. The molecule has 1 aliphatic carbocycles. The predicted molar refractivity (Wildman–Crippen MR) is 54.1 cm³/mol. The molecule has 1 aromatic heterocycles. The molecule has 1 aliphatic rings. The van der Waals surface area contributed by atoms with Crippen LogP contribution in [-0.2, 0) is 11.3 Å². The first-order chi connectivity index (χ1) is 6.90. The number of rotatable bonds is 6. The number of nitrogens with zero attached hydrogens (tertiary/aromatic N) is 1. The summed E-state index contributed by atoms with van der Waals surface area (Å²) in [5.74, 6) is 0.735. The van der Waals surface area contributed by atoms with Gasteiger partial charge in [0.25, 0.3) is 0 Å². The summed E-state index contributed by atoms with van der Waals surface area (Å²) >= 11 is 0. The summed E-state index contributed by atoms with van der Waals surface area (Å²) in [7, 11) is 1.71. The van der Waals surface area contributed by atoms with Crippen LogP contribution < -0.4 is 5.32 Å². The molecular weight excluding hydrogens is 178 g/mol. The van der Waals surface area contributed by atoms with Crippen LogP contribution in [0.5, 0.6) is 0 Å². The Hall–Kier alpha value is -0.870. The first-order valence-corrected chi connectivity index (χ1v) is 5.14. The van der Waals surface area contributed by atoms with Crippen LogP contribution in [0.3, 0.4) is 0 Å². The van der Waals surface area contributed by atoms with E-state index in [0.29, 0.717) is 0 Å². The fourth-order valence-electron chi connectivity index (χ4n) is 1.46. The fraction of sp³-hybridized carbons (Fsp3) is 0.700. The van der Waals surface area contributed by atoms with Crippen molar-refractivity contribution in [3.63, 3.8) is 0 Å². The summed E-state index contributed by atoms with van der Waals surface area (Å²) in [6.45, 7) is 2.49. The Balaban J connectivity index is 1.72. The summed E-state index contributed by atoms with van der Waals surface area (Å²) in [5.41, 5.74) is 2.40. The van der Waals surface area contributed by atoms with Crippen molar-refractivity contribution >= 4 is 0 Å². The summed E-state index contributed by atoms with van der Waals surface area (Å²) in [6, 6.07) is 2.16. The molecule has 1 heterocycles. The van der Waals surface area contributed by atoms with Crippen LogP contribution >= 0.6 is 0 Å². The second-order valence-corrected chi connectivity index (χ2v) is 3.76. The molecule has 1 fully saturated rings. The predicted octanol–water partition coefficient (Wildman–Crippen LogP) is 1.02. The Morgan fingerprint density at radius 3 is 3.21 bits per heavy atom. The molecule has 4 nitrogen and oxygen atoms in total. The van der Waals surface area contributed by atoms with Crippen LogP contribution in [-0.4, -0.2) is 30.5 Å². The molecule has 2 N–H and O–H groups in total. The van der Waals surface area contributed by atoms with Gasteiger partial charge in [0.1, 0.15) is 0 Å². The molecule has 1 aromatic rings. The number of aromatic amines is 1. The standard InChI is InChI=1S/C10H17N3O/c1-14-5-4-11-7-9-6-10(13-12-9)8-2-3-8/h6,8,11H,2-5,7H2,1H3,(H,12,13). The maximum absolute atomic E-state index is 4.94. The van der Waals surface area contributed by atoms with Gasteiger partial charge in [-0.05, 0) is 18.9 Å². The van der Waals surface area contributed by atoms with Crippen molar-refractivity contribution in [1.29, 1.82) is 0 Å². The van der Waals surface area contributed by atoms with Crippen LogP contribution in [0.2, 0.25) is 0 Å². The first-order valence-electron chi connectivity index (χ1n) is 5.14. The summed E-state index contributed by atoms with van der Waals surface area (Å²) in [6.07, 6.45) is 2.61. The molecule has 0 bridgehead atoms. The SMILES string of the molecule is COCCNCc1cc(C2CC2)n[nH]1. The van der Waals surface area contributed by atoms with Gasteiger partial charge in [0.15, 0.2) is 0 Å². The zero-order valence-corrected chi connectivity index (χ0v) is 8.55. The Labute approximate surface area is 84.0 Å². The van der Waals surface area contributed by atoms with E-state index in [2.05, 4.69) is 21.6 Å². The van der Waals surface area contributed by atoms with Crippen molar-refractivity contribution in [3.8, 4) is 0 Å². The van der Waals surface area contributed by atoms with E-state index in [9.17, 15) is 0 Å². The molecule has 4 heteroatoms. The van der Waals surface area contributed by atoms with Crippen molar-refractivity contribution in [1.82, 2.24) is 15.5 Å². The minimum absolute atomic E-state index is 0.735. The lowest BCUT2D eigenvalue weighted by Gasteiger charge is -2.00. The Morgan fingerprint density at radius 1 is 1.64 bits per heavy atom. The number of aromatic nitrogens is 2. The number of hydrogen-bond acceptors (Lipinski definition) is 3. The quantitative estimate of drug-likeness (QED) is 0.666. The van der Waals surface area contributed by atoms with Crippen LogP contribution in [0.4, 0.5) is 0 Å². The van der Waals surface area contributed by atoms with Crippen LogP contribution in [0.15, 0.2) is 6.07 Å². The Morgan fingerprint density at radius 2 is 2.50 bits per heavy atom. The highest BCUT2D eigenvalue weighted by Crippen LogP contribution is 2.38. The second kappa shape index (κ2) is 4.57. The van der Waals surface area contributed by atoms with Gasteiger partial charge in [-0.2, -0.15) is 5.10 Å². The summed E-state index contributed by atoms with van der Waals surface area (Å²) in [5, 5.41) is 10.6. The van der Waals surface area contributed by atoms with E-state index in [1.165, 1.54) is 24.2 Å². The molecule has 0 aliphatic heterocycles. The monoisotopic (exact) mass is 195 g/mol. The van der Waals surface area contributed by atoms with E-state index in [0.717, 1.165) is 25.6 Å². The van der Waals surface area contributed by atoms with Gasteiger partial charge in [0.05, 0.1) is 12.3 Å². The molecule has 0 unspecified atom stereocenters. The van der Waals surface area contributed by atoms with Crippen LogP contribution in [0.25, 0.3) is 0 Å². The first kappa shape index (κ1) is 9.68. The molecule has 78 valence electrons. The van der Waals surface area contributed by atoms with E-state index in [1.807, 2.05) is 0 Å². The van der Waals surface area contributed by atoms with E-state index in [1.54, 1.807) is 7.11 Å². The van der Waals surface area contributed by atoms with Gasteiger partial charge >= 0.3 is 0 Å². The largest absolute Gasteiger partial charge is 0.383 e. The van der Waals surface area contributed by atoms with E-state index in [-0.39, 0.29) is 0 Å². The van der Waals surface area contributed by atoms with Gasteiger partial charge in [0.2, 0.25) is 0 Å². The van der Waals surface area contributed by atoms with Crippen LogP contribution in [0.1, 0.15) is 30.1 Å². The molecule has 0 saturated heterocycles. The number of H-pyrrole nitrogens is 1.